The number of aromatic hydroxyl groups is 1. The van der Waals surface area contributed by atoms with E-state index in [-0.39, 0.29) is 11.2 Å². The van der Waals surface area contributed by atoms with Gasteiger partial charge in [-0.3, -0.25) is 0 Å². The number of para-hydroxylation sites is 1. The molecule has 1 unspecified atom stereocenters. The van der Waals surface area contributed by atoms with E-state index in [1.807, 2.05) is 20.8 Å². The van der Waals surface area contributed by atoms with Crippen molar-refractivity contribution in [2.45, 2.75) is 26.9 Å². The van der Waals surface area contributed by atoms with Gasteiger partial charge in [0, 0.05) is 11.0 Å². The summed E-state index contributed by atoms with van der Waals surface area (Å²) in [6.07, 6.45) is -1.41. The standard InChI is InChI=1S/C12H17NO3/c1-12(2,3)10(16-11(13)15)8-6-4-5-7-9(8)14/h4-7,10,14H,1-3H3,(H2,13,15). The maximum absolute atomic E-state index is 10.9. The SMILES string of the molecule is CC(C)(C)C(OC(N)=O)c1ccccc1O. The summed E-state index contributed by atoms with van der Waals surface area (Å²) in [5, 5.41) is 9.73. The Labute approximate surface area is 95.0 Å². The second-order valence-electron chi connectivity index (χ2n) is 4.74. The highest BCUT2D eigenvalue weighted by Crippen LogP contribution is 2.39. The number of benzene rings is 1. The number of hydrogen-bond acceptors (Lipinski definition) is 3. The first-order valence-corrected chi connectivity index (χ1v) is 5.06. The lowest BCUT2D eigenvalue weighted by molar-refractivity contribution is 0.0345. The number of hydrogen-bond donors (Lipinski definition) is 2. The van der Waals surface area contributed by atoms with Crippen LogP contribution in [0.5, 0.6) is 5.75 Å². The predicted molar refractivity (Wildman–Crippen MR) is 61.0 cm³/mol. The van der Waals surface area contributed by atoms with E-state index in [0.717, 1.165) is 0 Å². The number of phenols is 1. The second kappa shape index (κ2) is 4.43. The Kier molecular flexibility index (Phi) is 3.42. The summed E-state index contributed by atoms with van der Waals surface area (Å²) in [5.41, 5.74) is 5.26. The third kappa shape index (κ3) is 2.89. The number of rotatable bonds is 2. The average molecular weight is 223 g/mol. The Morgan fingerprint density at radius 3 is 2.38 bits per heavy atom. The highest BCUT2D eigenvalue weighted by Gasteiger charge is 2.31. The van der Waals surface area contributed by atoms with Crippen molar-refractivity contribution in [1.29, 1.82) is 0 Å². The number of carbonyl (C=O) groups is 1. The third-order valence-electron chi connectivity index (χ3n) is 2.24. The van der Waals surface area contributed by atoms with E-state index in [0.29, 0.717) is 5.56 Å². The fourth-order valence-electron chi connectivity index (χ4n) is 1.53. The van der Waals surface area contributed by atoms with Crippen molar-refractivity contribution in [3.05, 3.63) is 29.8 Å². The van der Waals surface area contributed by atoms with Crippen molar-refractivity contribution < 1.29 is 14.6 Å². The van der Waals surface area contributed by atoms with Crippen LogP contribution in [-0.2, 0) is 4.74 Å². The molecule has 0 fully saturated rings. The van der Waals surface area contributed by atoms with Crippen LogP contribution >= 0.6 is 0 Å². The van der Waals surface area contributed by atoms with Gasteiger partial charge in [-0.1, -0.05) is 39.0 Å². The molecule has 0 aromatic heterocycles. The van der Waals surface area contributed by atoms with E-state index >= 15 is 0 Å². The van der Waals surface area contributed by atoms with Gasteiger partial charge in [0.05, 0.1) is 0 Å². The lowest BCUT2D eigenvalue weighted by atomic mass is 9.84. The van der Waals surface area contributed by atoms with E-state index < -0.39 is 12.2 Å². The Bertz CT molecular complexity index is 382. The van der Waals surface area contributed by atoms with Gasteiger partial charge in [-0.05, 0) is 6.07 Å². The van der Waals surface area contributed by atoms with Gasteiger partial charge >= 0.3 is 6.09 Å². The molecule has 0 saturated heterocycles. The van der Waals surface area contributed by atoms with Gasteiger partial charge in [0.25, 0.3) is 0 Å². The lowest BCUT2D eigenvalue weighted by Gasteiger charge is -2.30. The van der Waals surface area contributed by atoms with Crippen molar-refractivity contribution in [1.82, 2.24) is 0 Å². The highest BCUT2D eigenvalue weighted by atomic mass is 16.6. The van der Waals surface area contributed by atoms with Crippen LogP contribution < -0.4 is 5.73 Å². The summed E-state index contributed by atoms with van der Waals surface area (Å²) in [6.45, 7) is 5.73. The summed E-state index contributed by atoms with van der Waals surface area (Å²) < 4.78 is 5.06. The first-order chi connectivity index (χ1) is 7.32. The monoisotopic (exact) mass is 223 g/mol. The van der Waals surface area contributed by atoms with Gasteiger partial charge in [-0.15, -0.1) is 0 Å². The molecule has 0 heterocycles. The van der Waals surface area contributed by atoms with Gasteiger partial charge in [0.15, 0.2) is 0 Å². The zero-order chi connectivity index (χ0) is 12.3. The van der Waals surface area contributed by atoms with Crippen LogP contribution in [0.15, 0.2) is 24.3 Å². The first-order valence-electron chi connectivity index (χ1n) is 5.06. The third-order valence-corrected chi connectivity index (χ3v) is 2.24. The molecule has 1 atom stereocenters. The first kappa shape index (κ1) is 12.4. The van der Waals surface area contributed by atoms with Crippen molar-refractivity contribution in [3.8, 4) is 5.75 Å². The average Bonchev–Trinajstić information content (AvgIpc) is 2.13. The van der Waals surface area contributed by atoms with Crippen LogP contribution in [0.4, 0.5) is 4.79 Å². The predicted octanol–water partition coefficient (Wildman–Crippen LogP) is 2.57. The summed E-state index contributed by atoms with van der Waals surface area (Å²) in [4.78, 5) is 10.9. The van der Waals surface area contributed by atoms with Gasteiger partial charge < -0.3 is 15.6 Å². The van der Waals surface area contributed by atoms with Crippen LogP contribution in [-0.4, -0.2) is 11.2 Å². The number of primary amides is 1. The normalized spacial score (nSPS) is 13.2. The minimum Gasteiger partial charge on any atom is -0.508 e. The molecule has 88 valence electrons. The van der Waals surface area contributed by atoms with Crippen molar-refractivity contribution in [3.63, 3.8) is 0 Å². The maximum atomic E-state index is 10.9. The second-order valence-corrected chi connectivity index (χ2v) is 4.74. The van der Waals surface area contributed by atoms with Crippen LogP contribution in [0.3, 0.4) is 0 Å². The van der Waals surface area contributed by atoms with Crippen molar-refractivity contribution in [2.24, 2.45) is 11.1 Å². The quantitative estimate of drug-likeness (QED) is 0.809. The van der Waals surface area contributed by atoms with E-state index in [4.69, 9.17) is 10.5 Å². The number of ether oxygens (including phenoxy) is 1. The zero-order valence-corrected chi connectivity index (χ0v) is 9.73. The largest absolute Gasteiger partial charge is 0.508 e. The molecule has 1 aromatic carbocycles. The zero-order valence-electron chi connectivity index (χ0n) is 9.73. The minimum absolute atomic E-state index is 0.101. The fraction of sp³-hybridized carbons (Fsp3) is 0.417. The minimum atomic E-state index is -0.844. The Morgan fingerprint density at radius 1 is 1.38 bits per heavy atom. The Balaban J connectivity index is 3.12. The van der Waals surface area contributed by atoms with E-state index in [1.165, 1.54) is 0 Å². The molecule has 0 aliphatic rings. The van der Waals surface area contributed by atoms with E-state index in [2.05, 4.69) is 0 Å². The van der Waals surface area contributed by atoms with Crippen molar-refractivity contribution in [2.75, 3.05) is 0 Å². The molecule has 0 radical (unpaired) electrons. The Hall–Kier alpha value is -1.71. The molecule has 1 aromatic rings. The van der Waals surface area contributed by atoms with Crippen LogP contribution in [0.1, 0.15) is 32.4 Å². The van der Waals surface area contributed by atoms with Gasteiger partial charge in [0.2, 0.25) is 0 Å². The fourth-order valence-corrected chi connectivity index (χ4v) is 1.53. The number of nitrogens with two attached hydrogens (primary N) is 1. The smallest absolute Gasteiger partial charge is 0.405 e. The van der Waals surface area contributed by atoms with Crippen LogP contribution in [0.25, 0.3) is 0 Å². The molecule has 1 amide bonds. The molecule has 0 saturated carbocycles. The number of phenolic OH excluding ortho intramolecular Hbond substituents is 1. The molecule has 0 spiro atoms. The van der Waals surface area contributed by atoms with Crippen molar-refractivity contribution >= 4 is 6.09 Å². The molecule has 16 heavy (non-hydrogen) atoms. The summed E-state index contributed by atoms with van der Waals surface area (Å²) in [5.74, 6) is 0.101. The molecular weight excluding hydrogens is 206 g/mol. The van der Waals surface area contributed by atoms with E-state index in [9.17, 15) is 9.90 Å². The van der Waals surface area contributed by atoms with Crippen LogP contribution in [0, 0.1) is 5.41 Å². The molecule has 1 rings (SSSR count). The molecule has 0 bridgehead atoms. The summed E-state index contributed by atoms with van der Waals surface area (Å²) >= 11 is 0. The summed E-state index contributed by atoms with van der Waals surface area (Å²) in [6, 6.07) is 6.76. The number of amides is 1. The van der Waals surface area contributed by atoms with Gasteiger partial charge in [0.1, 0.15) is 11.9 Å². The topological polar surface area (TPSA) is 72.5 Å². The molecule has 0 aliphatic heterocycles. The highest BCUT2D eigenvalue weighted by molar-refractivity contribution is 5.65. The Morgan fingerprint density at radius 2 is 1.94 bits per heavy atom. The van der Waals surface area contributed by atoms with E-state index in [1.54, 1.807) is 24.3 Å². The molecule has 0 aliphatic carbocycles. The molecule has 4 heteroatoms. The maximum Gasteiger partial charge on any atom is 0.405 e. The van der Waals surface area contributed by atoms with Gasteiger partial charge in [-0.25, -0.2) is 4.79 Å². The lowest BCUT2D eigenvalue weighted by Crippen LogP contribution is -2.27. The molecular formula is C12H17NO3. The molecule has 4 nitrogen and oxygen atoms in total. The van der Waals surface area contributed by atoms with Gasteiger partial charge in [-0.2, -0.15) is 0 Å². The van der Waals surface area contributed by atoms with Crippen LogP contribution in [0.2, 0.25) is 0 Å². The molecule has 3 N–H and O–H groups in total. The summed E-state index contributed by atoms with van der Waals surface area (Å²) in [7, 11) is 0. The number of carbonyl (C=O) groups excluding carboxylic acids is 1.